The average Bonchev–Trinajstić information content (AvgIpc) is 2.65. The maximum absolute atomic E-state index is 13.3. The molecule has 3 rings (SSSR count). The van der Waals surface area contributed by atoms with E-state index in [2.05, 4.69) is 0 Å². The monoisotopic (exact) mass is 364 g/mol. The van der Waals surface area contributed by atoms with Crippen LogP contribution >= 0.6 is 0 Å². The predicted octanol–water partition coefficient (Wildman–Crippen LogP) is 3.15. The minimum Gasteiger partial charge on any atom is -0.341 e. The summed E-state index contributed by atoms with van der Waals surface area (Å²) in [6.07, 6.45) is 5.93. The molecule has 1 aromatic carbocycles. The van der Waals surface area contributed by atoms with Crippen LogP contribution in [0.3, 0.4) is 0 Å². The first-order valence-electron chi connectivity index (χ1n) is 9.52. The van der Waals surface area contributed by atoms with Crippen molar-refractivity contribution in [1.82, 2.24) is 9.80 Å². The SMILES string of the molecule is O=C1CCCCN1CC(=O)N1CCCC(CCc2ccc(F)c(F)c2)C1. The molecule has 2 aliphatic heterocycles. The van der Waals surface area contributed by atoms with E-state index in [0.29, 0.717) is 31.8 Å². The average molecular weight is 364 g/mol. The van der Waals surface area contributed by atoms with Crippen molar-refractivity contribution in [2.45, 2.75) is 44.9 Å². The van der Waals surface area contributed by atoms with Crippen LogP contribution in [0.5, 0.6) is 0 Å². The van der Waals surface area contributed by atoms with Crippen molar-refractivity contribution in [2.75, 3.05) is 26.2 Å². The molecule has 1 unspecified atom stereocenters. The second-order valence-corrected chi connectivity index (χ2v) is 7.41. The Morgan fingerprint density at radius 2 is 1.96 bits per heavy atom. The van der Waals surface area contributed by atoms with E-state index in [-0.39, 0.29) is 18.4 Å². The van der Waals surface area contributed by atoms with E-state index >= 15 is 0 Å². The van der Waals surface area contributed by atoms with E-state index in [1.807, 2.05) is 4.90 Å². The van der Waals surface area contributed by atoms with Gasteiger partial charge >= 0.3 is 0 Å². The van der Waals surface area contributed by atoms with Gasteiger partial charge in [-0.15, -0.1) is 0 Å². The number of carbonyl (C=O) groups is 2. The van der Waals surface area contributed by atoms with Crippen LogP contribution < -0.4 is 0 Å². The van der Waals surface area contributed by atoms with Gasteiger partial charge in [-0.1, -0.05) is 6.07 Å². The van der Waals surface area contributed by atoms with Gasteiger partial charge in [-0.05, 0) is 62.1 Å². The van der Waals surface area contributed by atoms with Crippen molar-refractivity contribution in [3.8, 4) is 0 Å². The molecule has 0 saturated carbocycles. The molecular weight excluding hydrogens is 338 g/mol. The number of benzene rings is 1. The number of likely N-dealkylation sites (tertiary alicyclic amines) is 2. The van der Waals surface area contributed by atoms with Gasteiger partial charge in [0.05, 0.1) is 6.54 Å². The Hall–Kier alpha value is -1.98. The van der Waals surface area contributed by atoms with E-state index < -0.39 is 11.6 Å². The molecule has 26 heavy (non-hydrogen) atoms. The number of carbonyl (C=O) groups excluding carboxylic acids is 2. The van der Waals surface area contributed by atoms with Gasteiger partial charge in [-0.3, -0.25) is 9.59 Å². The molecule has 0 aromatic heterocycles. The third-order valence-corrected chi connectivity index (χ3v) is 5.44. The highest BCUT2D eigenvalue weighted by Crippen LogP contribution is 2.23. The first kappa shape index (κ1) is 18.8. The summed E-state index contributed by atoms with van der Waals surface area (Å²) in [6.45, 7) is 2.29. The fraction of sp³-hybridized carbons (Fsp3) is 0.600. The van der Waals surface area contributed by atoms with Gasteiger partial charge in [0.15, 0.2) is 11.6 Å². The highest BCUT2D eigenvalue weighted by atomic mass is 19.2. The fourth-order valence-corrected chi connectivity index (χ4v) is 3.89. The molecule has 0 bridgehead atoms. The minimum absolute atomic E-state index is 0.0257. The van der Waals surface area contributed by atoms with Crippen LogP contribution in [0.4, 0.5) is 8.78 Å². The van der Waals surface area contributed by atoms with E-state index in [1.54, 1.807) is 11.0 Å². The first-order valence-corrected chi connectivity index (χ1v) is 9.52. The Balaban J connectivity index is 1.49. The lowest BCUT2D eigenvalue weighted by atomic mass is 9.91. The summed E-state index contributed by atoms with van der Waals surface area (Å²) in [5.74, 6) is -1.17. The molecular formula is C20H26F2N2O2. The first-order chi connectivity index (χ1) is 12.5. The van der Waals surface area contributed by atoms with E-state index in [9.17, 15) is 18.4 Å². The van der Waals surface area contributed by atoms with Crippen molar-refractivity contribution in [1.29, 1.82) is 0 Å². The molecule has 0 spiro atoms. The van der Waals surface area contributed by atoms with Crippen LogP contribution in [-0.2, 0) is 16.0 Å². The number of nitrogens with zero attached hydrogens (tertiary/aromatic N) is 2. The largest absolute Gasteiger partial charge is 0.341 e. The van der Waals surface area contributed by atoms with E-state index in [0.717, 1.165) is 50.3 Å². The Morgan fingerprint density at radius 1 is 1.12 bits per heavy atom. The number of halogens is 2. The lowest BCUT2D eigenvalue weighted by Gasteiger charge is -2.35. The number of rotatable bonds is 5. The molecule has 142 valence electrons. The van der Waals surface area contributed by atoms with Gasteiger partial charge in [0, 0.05) is 26.1 Å². The van der Waals surface area contributed by atoms with Crippen molar-refractivity contribution < 1.29 is 18.4 Å². The molecule has 0 N–H and O–H groups in total. The number of aryl methyl sites for hydroxylation is 1. The van der Waals surface area contributed by atoms with Gasteiger partial charge in [0.1, 0.15) is 0 Å². The number of amides is 2. The van der Waals surface area contributed by atoms with Crippen LogP contribution in [0.2, 0.25) is 0 Å². The highest BCUT2D eigenvalue weighted by Gasteiger charge is 2.27. The van der Waals surface area contributed by atoms with Crippen molar-refractivity contribution in [2.24, 2.45) is 5.92 Å². The van der Waals surface area contributed by atoms with E-state index in [4.69, 9.17) is 0 Å². The molecule has 0 radical (unpaired) electrons. The summed E-state index contributed by atoms with van der Waals surface area (Å²) in [7, 11) is 0. The summed E-state index contributed by atoms with van der Waals surface area (Å²) in [5.41, 5.74) is 0.784. The van der Waals surface area contributed by atoms with Crippen LogP contribution in [0.25, 0.3) is 0 Å². The molecule has 4 nitrogen and oxygen atoms in total. The maximum atomic E-state index is 13.3. The molecule has 1 aromatic rings. The molecule has 0 aliphatic carbocycles. The van der Waals surface area contributed by atoms with Crippen LogP contribution in [0.15, 0.2) is 18.2 Å². The summed E-state index contributed by atoms with van der Waals surface area (Å²) in [5, 5.41) is 0. The molecule has 2 aliphatic rings. The molecule has 1 atom stereocenters. The Labute approximate surface area is 153 Å². The lowest BCUT2D eigenvalue weighted by molar-refractivity contribution is -0.142. The van der Waals surface area contributed by atoms with Crippen LogP contribution in [-0.4, -0.2) is 47.8 Å². The standard InChI is InChI=1S/C20H26F2N2O2/c21-17-9-8-15(12-18(17)22)6-7-16-4-3-11-23(13-16)20(26)14-24-10-2-1-5-19(24)25/h8-9,12,16H,1-7,10-11,13-14H2. The van der Waals surface area contributed by atoms with Crippen molar-refractivity contribution in [3.05, 3.63) is 35.4 Å². The zero-order valence-corrected chi connectivity index (χ0v) is 15.1. The van der Waals surface area contributed by atoms with Crippen molar-refractivity contribution in [3.63, 3.8) is 0 Å². The summed E-state index contributed by atoms with van der Waals surface area (Å²) in [6, 6.07) is 4.03. The topological polar surface area (TPSA) is 40.6 Å². The highest BCUT2D eigenvalue weighted by molar-refractivity contribution is 5.85. The third-order valence-electron chi connectivity index (χ3n) is 5.44. The molecule has 2 heterocycles. The summed E-state index contributed by atoms with van der Waals surface area (Å²) in [4.78, 5) is 28.0. The van der Waals surface area contributed by atoms with Gasteiger partial charge in [-0.25, -0.2) is 8.78 Å². The second-order valence-electron chi connectivity index (χ2n) is 7.41. The molecule has 2 saturated heterocycles. The molecule has 6 heteroatoms. The quantitative estimate of drug-likeness (QED) is 0.805. The second kappa shape index (κ2) is 8.60. The smallest absolute Gasteiger partial charge is 0.242 e. The number of piperidine rings is 2. The summed E-state index contributed by atoms with van der Waals surface area (Å²) < 4.78 is 26.3. The van der Waals surface area contributed by atoms with Gasteiger partial charge in [-0.2, -0.15) is 0 Å². The van der Waals surface area contributed by atoms with Gasteiger partial charge < -0.3 is 9.80 Å². The third kappa shape index (κ3) is 4.80. The predicted molar refractivity (Wildman–Crippen MR) is 94.4 cm³/mol. The normalized spacial score (nSPS) is 21.2. The van der Waals surface area contributed by atoms with Crippen molar-refractivity contribution >= 4 is 11.8 Å². The molecule has 2 amide bonds. The molecule has 2 fully saturated rings. The lowest BCUT2D eigenvalue weighted by Crippen LogP contribution is -2.47. The summed E-state index contributed by atoms with van der Waals surface area (Å²) >= 11 is 0. The zero-order chi connectivity index (χ0) is 18.5. The fourth-order valence-electron chi connectivity index (χ4n) is 3.89. The zero-order valence-electron chi connectivity index (χ0n) is 15.1. The van der Waals surface area contributed by atoms with Gasteiger partial charge in [0.25, 0.3) is 0 Å². The van der Waals surface area contributed by atoms with Crippen LogP contribution in [0.1, 0.15) is 44.1 Å². The minimum atomic E-state index is -0.824. The Bertz CT molecular complexity index is 665. The number of hydrogen-bond donors (Lipinski definition) is 0. The Kier molecular flexibility index (Phi) is 6.22. The van der Waals surface area contributed by atoms with E-state index in [1.165, 1.54) is 6.07 Å². The maximum Gasteiger partial charge on any atom is 0.242 e. The Morgan fingerprint density at radius 3 is 2.73 bits per heavy atom. The van der Waals surface area contributed by atoms with Gasteiger partial charge in [0.2, 0.25) is 11.8 Å². The number of hydrogen-bond acceptors (Lipinski definition) is 2. The van der Waals surface area contributed by atoms with Crippen LogP contribution in [0, 0.1) is 17.6 Å².